The molecule has 3 aromatic rings. The minimum atomic E-state index is -3.62. The van der Waals surface area contributed by atoms with E-state index in [0.29, 0.717) is 48.6 Å². The number of rotatable bonds is 7. The third-order valence-electron chi connectivity index (χ3n) is 5.53. The average Bonchev–Trinajstić information content (AvgIpc) is 2.85. The van der Waals surface area contributed by atoms with Gasteiger partial charge in [-0.1, -0.05) is 24.3 Å². The third-order valence-corrected chi connectivity index (χ3v) is 7.43. The summed E-state index contributed by atoms with van der Waals surface area (Å²) in [5, 5.41) is 0.526. The maximum Gasteiger partial charge on any atom is 0.306 e. The second kappa shape index (κ2) is 9.82. The van der Waals surface area contributed by atoms with E-state index in [4.69, 9.17) is 9.47 Å². The Morgan fingerprint density at radius 2 is 1.88 bits per heavy atom. The number of morpholine rings is 1. The minimum absolute atomic E-state index is 0.0460. The summed E-state index contributed by atoms with van der Waals surface area (Å²) in [6.07, 6.45) is 0.297. The number of fused-ring (bicyclic) bond motifs is 1. The number of para-hydroxylation sites is 1. The lowest BCUT2D eigenvalue weighted by Gasteiger charge is -2.26. The van der Waals surface area contributed by atoms with Crippen molar-refractivity contribution in [2.45, 2.75) is 24.3 Å². The van der Waals surface area contributed by atoms with Crippen molar-refractivity contribution in [3.8, 4) is 0 Å². The molecule has 4 rings (SSSR count). The number of esters is 1. The molecule has 174 valence electrons. The van der Waals surface area contributed by atoms with Crippen LogP contribution in [0.25, 0.3) is 10.9 Å². The Bertz CT molecular complexity index is 1330. The quantitative estimate of drug-likeness (QED) is 0.482. The fourth-order valence-electron chi connectivity index (χ4n) is 3.67. The largest absolute Gasteiger partial charge is 0.461 e. The van der Waals surface area contributed by atoms with Gasteiger partial charge in [0.15, 0.2) is 0 Å². The highest BCUT2D eigenvalue weighted by molar-refractivity contribution is 7.89. The van der Waals surface area contributed by atoms with Gasteiger partial charge in [0.1, 0.15) is 12.4 Å². The van der Waals surface area contributed by atoms with Crippen LogP contribution in [-0.4, -0.2) is 54.5 Å². The van der Waals surface area contributed by atoms with E-state index in [0.717, 1.165) is 0 Å². The first-order valence-electron chi connectivity index (χ1n) is 10.6. The SMILES string of the molecule is Cn1c(CCC(=O)OCc2cccc(S(=O)(=O)N3CCOCC3)c2)nc2ccccc2c1=O. The van der Waals surface area contributed by atoms with Gasteiger partial charge in [-0.05, 0) is 29.8 Å². The smallest absolute Gasteiger partial charge is 0.306 e. The van der Waals surface area contributed by atoms with Crippen molar-refractivity contribution in [3.63, 3.8) is 0 Å². The number of hydrogen-bond acceptors (Lipinski definition) is 7. The second-order valence-electron chi connectivity index (χ2n) is 7.73. The summed E-state index contributed by atoms with van der Waals surface area (Å²) in [7, 11) is -2.00. The summed E-state index contributed by atoms with van der Waals surface area (Å²) in [5.41, 5.74) is 0.999. The average molecular weight is 472 g/mol. The number of ether oxygens (including phenoxy) is 2. The monoisotopic (exact) mass is 471 g/mol. The molecule has 0 spiro atoms. The number of sulfonamides is 1. The predicted molar refractivity (Wildman–Crippen MR) is 121 cm³/mol. The summed E-state index contributed by atoms with van der Waals surface area (Å²) in [6.45, 7) is 1.32. The molecule has 1 fully saturated rings. The summed E-state index contributed by atoms with van der Waals surface area (Å²) in [6, 6.07) is 13.5. The molecule has 0 atom stereocenters. The minimum Gasteiger partial charge on any atom is -0.461 e. The summed E-state index contributed by atoms with van der Waals surface area (Å²) in [4.78, 5) is 29.4. The molecule has 2 heterocycles. The zero-order valence-corrected chi connectivity index (χ0v) is 19.1. The number of aromatic nitrogens is 2. The first-order valence-corrected chi connectivity index (χ1v) is 12.1. The van der Waals surface area contributed by atoms with Gasteiger partial charge in [0.2, 0.25) is 10.0 Å². The Labute approximate surface area is 191 Å². The fraction of sp³-hybridized carbons (Fsp3) is 0.348. The number of nitrogens with zero attached hydrogens (tertiary/aromatic N) is 3. The zero-order chi connectivity index (χ0) is 23.4. The van der Waals surface area contributed by atoms with Crippen molar-refractivity contribution < 1.29 is 22.7 Å². The molecule has 33 heavy (non-hydrogen) atoms. The van der Waals surface area contributed by atoms with Crippen LogP contribution in [0.3, 0.4) is 0 Å². The molecule has 1 aliphatic rings. The van der Waals surface area contributed by atoms with Crippen LogP contribution < -0.4 is 5.56 Å². The highest BCUT2D eigenvalue weighted by atomic mass is 32.2. The van der Waals surface area contributed by atoms with Crippen molar-refractivity contribution >= 4 is 26.9 Å². The lowest BCUT2D eigenvalue weighted by molar-refractivity contribution is -0.144. The molecule has 0 amide bonds. The van der Waals surface area contributed by atoms with Gasteiger partial charge in [-0.3, -0.25) is 14.2 Å². The van der Waals surface area contributed by atoms with E-state index in [1.807, 2.05) is 0 Å². The molecule has 1 aliphatic heterocycles. The van der Waals surface area contributed by atoms with Gasteiger partial charge in [-0.15, -0.1) is 0 Å². The molecule has 0 bridgehead atoms. The molecule has 0 aliphatic carbocycles. The van der Waals surface area contributed by atoms with Gasteiger partial charge >= 0.3 is 5.97 Å². The van der Waals surface area contributed by atoms with Gasteiger partial charge in [0.05, 0.1) is 35.4 Å². The Morgan fingerprint density at radius 1 is 1.12 bits per heavy atom. The molecule has 0 saturated carbocycles. The van der Waals surface area contributed by atoms with Crippen molar-refractivity contribution in [2.75, 3.05) is 26.3 Å². The number of carbonyl (C=O) groups excluding carboxylic acids is 1. The maximum atomic E-state index is 12.8. The molecule has 2 aromatic carbocycles. The van der Waals surface area contributed by atoms with Crippen molar-refractivity contribution in [3.05, 3.63) is 70.3 Å². The van der Waals surface area contributed by atoms with E-state index in [1.54, 1.807) is 43.4 Å². The fourth-order valence-corrected chi connectivity index (χ4v) is 5.15. The highest BCUT2D eigenvalue weighted by Crippen LogP contribution is 2.19. The Balaban J connectivity index is 1.38. The van der Waals surface area contributed by atoms with Crippen LogP contribution in [-0.2, 0) is 44.4 Å². The van der Waals surface area contributed by atoms with Gasteiger partial charge in [-0.2, -0.15) is 4.31 Å². The number of benzene rings is 2. The maximum absolute atomic E-state index is 12.8. The van der Waals surface area contributed by atoms with E-state index in [9.17, 15) is 18.0 Å². The number of aryl methyl sites for hydroxylation is 1. The molecule has 0 N–H and O–H groups in total. The Kier molecular flexibility index (Phi) is 6.87. The first kappa shape index (κ1) is 23.1. The highest BCUT2D eigenvalue weighted by Gasteiger charge is 2.26. The molecule has 10 heteroatoms. The van der Waals surface area contributed by atoms with Crippen molar-refractivity contribution in [1.29, 1.82) is 0 Å². The van der Waals surface area contributed by atoms with Crippen LogP contribution in [0.15, 0.2) is 58.2 Å². The van der Waals surface area contributed by atoms with Crippen LogP contribution >= 0.6 is 0 Å². The van der Waals surface area contributed by atoms with E-state index >= 15 is 0 Å². The van der Waals surface area contributed by atoms with Gasteiger partial charge < -0.3 is 9.47 Å². The van der Waals surface area contributed by atoms with Gasteiger partial charge in [0.25, 0.3) is 5.56 Å². The van der Waals surface area contributed by atoms with Crippen molar-refractivity contribution in [1.82, 2.24) is 13.9 Å². The first-order chi connectivity index (χ1) is 15.9. The van der Waals surface area contributed by atoms with Crippen LogP contribution in [0.4, 0.5) is 0 Å². The molecule has 0 unspecified atom stereocenters. The van der Waals surface area contributed by atoms with E-state index in [1.165, 1.54) is 21.0 Å². The van der Waals surface area contributed by atoms with Crippen LogP contribution in [0.1, 0.15) is 17.8 Å². The third kappa shape index (κ3) is 5.13. The molecule has 9 nitrogen and oxygen atoms in total. The molecule has 1 aromatic heterocycles. The van der Waals surface area contributed by atoms with E-state index in [2.05, 4.69) is 4.98 Å². The van der Waals surface area contributed by atoms with Crippen LogP contribution in [0.5, 0.6) is 0 Å². The number of hydrogen-bond donors (Lipinski definition) is 0. The number of carbonyl (C=O) groups is 1. The standard InChI is InChI=1S/C23H25N3O6S/c1-25-21(24-20-8-3-2-7-19(20)23(25)28)9-10-22(27)32-16-17-5-4-6-18(15-17)33(29,30)26-11-13-31-14-12-26/h2-8,15H,9-14,16H2,1H3. The van der Waals surface area contributed by atoms with Gasteiger partial charge in [-0.25, -0.2) is 13.4 Å². The Morgan fingerprint density at radius 3 is 2.67 bits per heavy atom. The molecule has 0 radical (unpaired) electrons. The lowest BCUT2D eigenvalue weighted by atomic mass is 10.2. The zero-order valence-electron chi connectivity index (χ0n) is 18.3. The van der Waals surface area contributed by atoms with Crippen LogP contribution in [0.2, 0.25) is 0 Å². The van der Waals surface area contributed by atoms with E-state index in [-0.39, 0.29) is 29.9 Å². The lowest BCUT2D eigenvalue weighted by Crippen LogP contribution is -2.40. The van der Waals surface area contributed by atoms with Crippen LogP contribution in [0, 0.1) is 0 Å². The summed E-state index contributed by atoms with van der Waals surface area (Å²) in [5.74, 6) is 0.0353. The molecular weight excluding hydrogens is 446 g/mol. The normalized spacial score (nSPS) is 14.9. The van der Waals surface area contributed by atoms with Gasteiger partial charge in [0, 0.05) is 26.6 Å². The summed E-state index contributed by atoms with van der Waals surface area (Å²) >= 11 is 0. The second-order valence-corrected chi connectivity index (χ2v) is 9.67. The van der Waals surface area contributed by atoms with E-state index < -0.39 is 16.0 Å². The predicted octanol–water partition coefficient (Wildman–Crippen LogP) is 1.63. The van der Waals surface area contributed by atoms with Crippen molar-refractivity contribution in [2.24, 2.45) is 7.05 Å². The topological polar surface area (TPSA) is 108 Å². The molecule has 1 saturated heterocycles. The Hall–Kier alpha value is -3.08. The summed E-state index contributed by atoms with van der Waals surface area (Å²) < 4.78 is 39.0. The molecular formula is C23H25N3O6S.